The second-order valence-electron chi connectivity index (χ2n) is 5.03. The van der Waals surface area contributed by atoms with Gasteiger partial charge in [-0.1, -0.05) is 12.1 Å². The molecule has 7 heteroatoms. The van der Waals surface area contributed by atoms with Gasteiger partial charge in [0.1, 0.15) is 23.1 Å². The summed E-state index contributed by atoms with van der Waals surface area (Å²) in [6, 6.07) is 12.4. The fourth-order valence-electron chi connectivity index (χ4n) is 2.00. The second kappa shape index (κ2) is 8.70. The maximum Gasteiger partial charge on any atom is 0.262 e. The number of benzene rings is 2. The van der Waals surface area contributed by atoms with E-state index < -0.39 is 5.91 Å². The van der Waals surface area contributed by atoms with Gasteiger partial charge in [0.25, 0.3) is 5.91 Å². The molecule has 2 rings (SSSR count). The van der Waals surface area contributed by atoms with Crippen molar-refractivity contribution in [1.82, 2.24) is 5.32 Å². The van der Waals surface area contributed by atoms with Crippen molar-refractivity contribution in [3.8, 4) is 17.6 Å². The maximum absolute atomic E-state index is 12.2. The standard InChI is InChI=1S/C18H14Br2N2O3/c1-25-14-4-2-11(3-5-14)10-22-18(24)13(9-21)6-12-7-15(19)17(23)16(20)8-12/h2-8,23H,10H2,1H3,(H,22,24)/b13-6-. The lowest BCUT2D eigenvalue weighted by Crippen LogP contribution is -2.23. The Balaban J connectivity index is 2.11. The van der Waals surface area contributed by atoms with Gasteiger partial charge in [0.05, 0.1) is 16.1 Å². The molecule has 0 bridgehead atoms. The van der Waals surface area contributed by atoms with Crippen molar-refractivity contribution in [3.63, 3.8) is 0 Å². The van der Waals surface area contributed by atoms with Crippen molar-refractivity contribution in [1.29, 1.82) is 5.26 Å². The summed E-state index contributed by atoms with van der Waals surface area (Å²) in [7, 11) is 1.58. The molecule has 0 saturated heterocycles. The van der Waals surface area contributed by atoms with Crippen LogP contribution in [-0.2, 0) is 11.3 Å². The summed E-state index contributed by atoms with van der Waals surface area (Å²) in [5.41, 5.74) is 1.47. The second-order valence-corrected chi connectivity index (χ2v) is 6.74. The van der Waals surface area contributed by atoms with Crippen molar-refractivity contribution >= 4 is 43.8 Å². The molecule has 5 nitrogen and oxygen atoms in total. The van der Waals surface area contributed by atoms with Gasteiger partial charge in [0, 0.05) is 6.54 Å². The number of nitrogens with one attached hydrogen (secondary N) is 1. The highest BCUT2D eigenvalue weighted by atomic mass is 79.9. The van der Waals surface area contributed by atoms with Crippen LogP contribution in [0.4, 0.5) is 0 Å². The normalized spacial score (nSPS) is 10.9. The summed E-state index contributed by atoms with van der Waals surface area (Å²) in [6.45, 7) is 0.296. The Morgan fingerprint density at radius 2 is 1.88 bits per heavy atom. The van der Waals surface area contributed by atoms with Crippen molar-refractivity contribution in [2.24, 2.45) is 0 Å². The molecule has 0 heterocycles. The first-order valence-electron chi connectivity index (χ1n) is 7.15. The lowest BCUT2D eigenvalue weighted by Gasteiger charge is -2.06. The molecule has 0 spiro atoms. The maximum atomic E-state index is 12.2. The summed E-state index contributed by atoms with van der Waals surface area (Å²) in [6.07, 6.45) is 1.46. The van der Waals surface area contributed by atoms with Crippen LogP contribution in [0.25, 0.3) is 6.08 Å². The van der Waals surface area contributed by atoms with Crippen LogP contribution < -0.4 is 10.1 Å². The summed E-state index contributed by atoms with van der Waals surface area (Å²) >= 11 is 6.43. The minimum Gasteiger partial charge on any atom is -0.506 e. The number of halogens is 2. The number of phenolic OH excluding ortho intramolecular Hbond substituents is 1. The third-order valence-electron chi connectivity index (χ3n) is 3.33. The average molecular weight is 466 g/mol. The minimum absolute atomic E-state index is 0.0296. The highest BCUT2D eigenvalue weighted by Crippen LogP contribution is 2.33. The number of ether oxygens (including phenoxy) is 1. The van der Waals surface area contributed by atoms with E-state index in [4.69, 9.17) is 4.74 Å². The van der Waals surface area contributed by atoms with E-state index in [2.05, 4.69) is 37.2 Å². The number of methoxy groups -OCH3 is 1. The Labute approximate surface area is 162 Å². The van der Waals surface area contributed by atoms with Crippen LogP contribution in [0.1, 0.15) is 11.1 Å². The van der Waals surface area contributed by atoms with E-state index in [0.717, 1.165) is 11.3 Å². The minimum atomic E-state index is -0.473. The summed E-state index contributed by atoms with van der Waals surface area (Å²) in [4.78, 5) is 12.2. The molecule has 1 amide bonds. The van der Waals surface area contributed by atoms with Gasteiger partial charge in [-0.15, -0.1) is 0 Å². The molecule has 0 saturated carbocycles. The molecule has 0 unspecified atom stereocenters. The van der Waals surface area contributed by atoms with E-state index in [1.54, 1.807) is 31.4 Å². The average Bonchev–Trinajstić information content (AvgIpc) is 2.62. The van der Waals surface area contributed by atoms with E-state index in [9.17, 15) is 15.2 Å². The van der Waals surface area contributed by atoms with E-state index in [0.29, 0.717) is 21.1 Å². The lowest BCUT2D eigenvalue weighted by atomic mass is 10.1. The Morgan fingerprint density at radius 3 is 2.40 bits per heavy atom. The zero-order valence-electron chi connectivity index (χ0n) is 13.2. The van der Waals surface area contributed by atoms with Crippen LogP contribution in [0, 0.1) is 11.3 Å². The molecule has 2 aromatic rings. The molecule has 0 aliphatic heterocycles. The van der Waals surface area contributed by atoms with Gasteiger partial charge < -0.3 is 15.2 Å². The molecular formula is C18H14Br2N2O3. The number of rotatable bonds is 5. The first-order chi connectivity index (χ1) is 11.9. The van der Waals surface area contributed by atoms with Crippen LogP contribution in [0.2, 0.25) is 0 Å². The first-order valence-corrected chi connectivity index (χ1v) is 8.74. The van der Waals surface area contributed by atoms with Gasteiger partial charge in [-0.25, -0.2) is 0 Å². The zero-order chi connectivity index (χ0) is 18.4. The molecule has 0 aliphatic carbocycles. The summed E-state index contributed by atoms with van der Waals surface area (Å²) in [5, 5.41) is 21.7. The predicted octanol–water partition coefficient (Wildman–Crippen LogP) is 4.15. The van der Waals surface area contributed by atoms with E-state index in [-0.39, 0.29) is 11.3 Å². The van der Waals surface area contributed by atoms with Crippen LogP contribution in [0.15, 0.2) is 50.9 Å². The predicted molar refractivity (Wildman–Crippen MR) is 102 cm³/mol. The molecular weight excluding hydrogens is 452 g/mol. The summed E-state index contributed by atoms with van der Waals surface area (Å²) in [5.74, 6) is 0.314. The van der Waals surface area contributed by atoms with Gasteiger partial charge in [-0.3, -0.25) is 4.79 Å². The molecule has 0 atom stereocenters. The van der Waals surface area contributed by atoms with E-state index in [1.807, 2.05) is 18.2 Å². The number of nitrogens with zero attached hydrogens (tertiary/aromatic N) is 1. The van der Waals surface area contributed by atoms with Crippen molar-refractivity contribution in [2.75, 3.05) is 7.11 Å². The lowest BCUT2D eigenvalue weighted by molar-refractivity contribution is -0.117. The van der Waals surface area contributed by atoms with Crippen molar-refractivity contribution in [2.45, 2.75) is 6.54 Å². The zero-order valence-corrected chi connectivity index (χ0v) is 16.4. The molecule has 2 N–H and O–H groups in total. The fourth-order valence-corrected chi connectivity index (χ4v) is 3.23. The summed E-state index contributed by atoms with van der Waals surface area (Å²) < 4.78 is 6.00. The first kappa shape index (κ1) is 19.0. The number of phenols is 1. The van der Waals surface area contributed by atoms with E-state index >= 15 is 0 Å². The number of nitriles is 1. The number of amides is 1. The molecule has 2 aromatic carbocycles. The van der Waals surface area contributed by atoms with Gasteiger partial charge >= 0.3 is 0 Å². The molecule has 0 radical (unpaired) electrons. The van der Waals surface area contributed by atoms with Crippen LogP contribution in [0.3, 0.4) is 0 Å². The quantitative estimate of drug-likeness (QED) is 0.513. The number of hydrogen-bond acceptors (Lipinski definition) is 4. The Hall–Kier alpha value is -2.30. The third kappa shape index (κ3) is 5.08. The topological polar surface area (TPSA) is 82.3 Å². The smallest absolute Gasteiger partial charge is 0.262 e. The fraction of sp³-hybridized carbons (Fsp3) is 0.111. The van der Waals surface area contributed by atoms with Crippen molar-refractivity contribution < 1.29 is 14.6 Å². The Bertz CT molecular complexity index is 833. The van der Waals surface area contributed by atoms with E-state index in [1.165, 1.54) is 6.08 Å². The van der Waals surface area contributed by atoms with Crippen LogP contribution in [0.5, 0.6) is 11.5 Å². The van der Waals surface area contributed by atoms with Gasteiger partial charge in [-0.2, -0.15) is 5.26 Å². The Kier molecular flexibility index (Phi) is 6.62. The number of hydrogen-bond donors (Lipinski definition) is 2. The van der Waals surface area contributed by atoms with Gasteiger partial charge in [-0.05, 0) is 73.3 Å². The largest absolute Gasteiger partial charge is 0.506 e. The number of carbonyl (C=O) groups excluding carboxylic acids is 1. The highest BCUT2D eigenvalue weighted by Gasteiger charge is 2.11. The third-order valence-corrected chi connectivity index (χ3v) is 4.54. The monoisotopic (exact) mass is 464 g/mol. The Morgan fingerprint density at radius 1 is 1.28 bits per heavy atom. The van der Waals surface area contributed by atoms with Crippen LogP contribution in [-0.4, -0.2) is 18.1 Å². The molecule has 128 valence electrons. The van der Waals surface area contributed by atoms with Gasteiger partial charge in [0.2, 0.25) is 0 Å². The van der Waals surface area contributed by atoms with Crippen LogP contribution >= 0.6 is 31.9 Å². The molecule has 0 fully saturated rings. The number of aromatic hydroxyl groups is 1. The SMILES string of the molecule is COc1ccc(CNC(=O)/C(C#N)=C\c2cc(Br)c(O)c(Br)c2)cc1. The van der Waals surface area contributed by atoms with Crippen molar-refractivity contribution in [3.05, 3.63) is 62.0 Å². The number of carbonyl (C=O) groups is 1. The highest BCUT2D eigenvalue weighted by molar-refractivity contribution is 9.11. The van der Waals surface area contributed by atoms with Gasteiger partial charge in [0.15, 0.2) is 0 Å². The molecule has 0 aliphatic rings. The molecule has 25 heavy (non-hydrogen) atoms. The molecule has 0 aromatic heterocycles.